The number of amides is 1. The Labute approximate surface area is 236 Å². The summed E-state index contributed by atoms with van der Waals surface area (Å²) in [6.45, 7) is 8.39. The van der Waals surface area contributed by atoms with Gasteiger partial charge in [0.1, 0.15) is 17.1 Å². The van der Waals surface area contributed by atoms with Crippen LogP contribution in [-0.4, -0.2) is 60.9 Å². The molecule has 2 atom stereocenters. The van der Waals surface area contributed by atoms with Gasteiger partial charge in [-0.3, -0.25) is 15.0 Å². The Morgan fingerprint density at radius 2 is 1.88 bits per heavy atom. The monoisotopic (exact) mass is 555 g/mol. The normalized spacial score (nSPS) is 18.4. The predicted molar refractivity (Wildman–Crippen MR) is 151 cm³/mol. The van der Waals surface area contributed by atoms with Gasteiger partial charge in [0.15, 0.2) is 11.6 Å². The first kappa shape index (κ1) is 30.9. The van der Waals surface area contributed by atoms with Crippen molar-refractivity contribution in [3.63, 3.8) is 0 Å². The van der Waals surface area contributed by atoms with Crippen molar-refractivity contribution < 1.29 is 33.6 Å². The van der Waals surface area contributed by atoms with Crippen molar-refractivity contribution in [2.45, 2.75) is 70.6 Å². The van der Waals surface area contributed by atoms with Crippen molar-refractivity contribution in [3.8, 4) is 11.5 Å². The van der Waals surface area contributed by atoms with Crippen molar-refractivity contribution in [2.24, 2.45) is 4.99 Å². The average Bonchev–Trinajstić information content (AvgIpc) is 3.33. The second kappa shape index (κ2) is 14.1. The number of aliphatic hydroxyl groups is 1. The number of hydrazine groups is 1. The van der Waals surface area contributed by atoms with E-state index in [2.05, 4.69) is 10.9 Å². The first-order valence-electron chi connectivity index (χ1n) is 13.6. The third-order valence-electron chi connectivity index (χ3n) is 6.13. The Balaban J connectivity index is 2.02. The van der Waals surface area contributed by atoms with Crippen LogP contribution in [0.3, 0.4) is 0 Å². The number of nitrogens with one attached hydrogen (secondary N) is 2. The zero-order valence-electron chi connectivity index (χ0n) is 24.0. The van der Waals surface area contributed by atoms with Gasteiger partial charge in [0.05, 0.1) is 13.7 Å². The first-order valence-corrected chi connectivity index (χ1v) is 13.6. The van der Waals surface area contributed by atoms with Crippen LogP contribution in [0.4, 0.5) is 0 Å². The first-order chi connectivity index (χ1) is 19.1. The van der Waals surface area contributed by atoms with Gasteiger partial charge in [-0.05, 0) is 75.6 Å². The highest BCUT2D eigenvalue weighted by molar-refractivity contribution is 6.01. The lowest BCUT2D eigenvalue weighted by Gasteiger charge is -2.31. The minimum atomic E-state index is -1.48. The van der Waals surface area contributed by atoms with E-state index in [0.29, 0.717) is 42.2 Å². The molecular weight excluding hydrogens is 514 g/mol. The van der Waals surface area contributed by atoms with Crippen LogP contribution in [-0.2, 0) is 19.1 Å². The van der Waals surface area contributed by atoms with Crippen molar-refractivity contribution in [1.29, 1.82) is 0 Å². The molecule has 2 aromatic carbocycles. The van der Waals surface area contributed by atoms with Crippen LogP contribution in [0.15, 0.2) is 53.5 Å². The fraction of sp³-hybridized carbons (Fsp3) is 0.500. The molecule has 218 valence electrons. The molecule has 3 rings (SSSR count). The summed E-state index contributed by atoms with van der Waals surface area (Å²) in [7, 11) is 1.57. The standard InChI is InChI=1S/C30H41N3O7/c1-6-17-31-33-28(36)30(16-15-25(35)40-29(2,3)4)26(22-9-7-10-24(20-22)37-5)39-27(32-30)21-11-13-23(14-12-21)38-19-8-18-34/h7,9-14,20,26,31,34H,6,8,15-19H2,1-5H3,(H,33,36)/t26-,30-/m0/s1. The molecule has 1 amide bonds. The molecule has 0 saturated carbocycles. The molecule has 0 spiro atoms. The average molecular weight is 556 g/mol. The highest BCUT2D eigenvalue weighted by atomic mass is 16.6. The van der Waals surface area contributed by atoms with Crippen molar-refractivity contribution >= 4 is 17.8 Å². The van der Waals surface area contributed by atoms with Crippen LogP contribution in [0.25, 0.3) is 0 Å². The molecule has 0 fully saturated rings. The van der Waals surface area contributed by atoms with E-state index in [-0.39, 0.29) is 25.3 Å². The van der Waals surface area contributed by atoms with Gasteiger partial charge in [-0.15, -0.1) is 0 Å². The highest BCUT2D eigenvalue weighted by Crippen LogP contribution is 2.44. The van der Waals surface area contributed by atoms with E-state index < -0.39 is 29.1 Å². The summed E-state index contributed by atoms with van der Waals surface area (Å²) in [4.78, 5) is 31.5. The summed E-state index contributed by atoms with van der Waals surface area (Å²) in [5.74, 6) is 0.654. The Bertz CT molecular complexity index is 1160. The largest absolute Gasteiger partial charge is 0.497 e. The minimum absolute atomic E-state index is 0.0449. The van der Waals surface area contributed by atoms with E-state index in [9.17, 15) is 9.59 Å². The number of methoxy groups -OCH3 is 1. The second-order valence-corrected chi connectivity index (χ2v) is 10.5. The molecule has 0 radical (unpaired) electrons. The van der Waals surface area contributed by atoms with Crippen LogP contribution < -0.4 is 20.3 Å². The smallest absolute Gasteiger partial charge is 0.306 e. The second-order valence-electron chi connectivity index (χ2n) is 10.5. The summed E-state index contributed by atoms with van der Waals surface area (Å²) < 4.78 is 23.0. The fourth-order valence-electron chi connectivity index (χ4n) is 4.24. The van der Waals surface area contributed by atoms with Crippen molar-refractivity contribution in [3.05, 3.63) is 59.7 Å². The summed E-state index contributed by atoms with van der Waals surface area (Å²) in [5.41, 5.74) is 4.91. The topological polar surface area (TPSA) is 128 Å². The number of hydrogen-bond acceptors (Lipinski definition) is 9. The predicted octanol–water partition coefficient (Wildman–Crippen LogP) is 3.87. The maximum Gasteiger partial charge on any atom is 0.306 e. The number of esters is 1. The summed E-state index contributed by atoms with van der Waals surface area (Å²) in [6.07, 6.45) is 0.499. The van der Waals surface area contributed by atoms with Crippen molar-refractivity contribution in [2.75, 3.05) is 26.9 Å². The van der Waals surface area contributed by atoms with Crippen molar-refractivity contribution in [1.82, 2.24) is 10.9 Å². The third kappa shape index (κ3) is 8.19. The van der Waals surface area contributed by atoms with Crippen LogP contribution in [0.5, 0.6) is 11.5 Å². The van der Waals surface area contributed by atoms with Gasteiger partial charge >= 0.3 is 5.97 Å². The lowest BCUT2D eigenvalue weighted by molar-refractivity contribution is -0.155. The molecule has 40 heavy (non-hydrogen) atoms. The number of aliphatic hydroxyl groups excluding tert-OH is 1. The van der Waals surface area contributed by atoms with Gasteiger partial charge in [0.2, 0.25) is 5.90 Å². The van der Waals surface area contributed by atoms with Crippen LogP contribution >= 0.6 is 0 Å². The molecule has 1 aliphatic rings. The number of nitrogens with zero attached hydrogens (tertiary/aromatic N) is 1. The molecule has 0 aromatic heterocycles. The van der Waals surface area contributed by atoms with Gasteiger partial charge in [0.25, 0.3) is 5.91 Å². The Morgan fingerprint density at radius 3 is 2.52 bits per heavy atom. The Kier molecular flexibility index (Phi) is 10.9. The van der Waals surface area contributed by atoms with Gasteiger partial charge in [-0.25, -0.2) is 10.4 Å². The maximum atomic E-state index is 13.9. The molecule has 1 heterocycles. The number of carbonyl (C=O) groups excluding carboxylic acids is 2. The summed E-state index contributed by atoms with van der Waals surface area (Å²) >= 11 is 0. The summed E-state index contributed by atoms with van der Waals surface area (Å²) in [6, 6.07) is 14.4. The van der Waals surface area contributed by atoms with E-state index in [1.54, 1.807) is 64.3 Å². The highest BCUT2D eigenvalue weighted by Gasteiger charge is 2.53. The molecule has 0 unspecified atom stereocenters. The van der Waals surface area contributed by atoms with Crippen LogP contribution in [0.2, 0.25) is 0 Å². The lowest BCUT2D eigenvalue weighted by atomic mass is 9.83. The molecule has 10 nitrogen and oxygen atoms in total. The fourth-order valence-corrected chi connectivity index (χ4v) is 4.24. The zero-order chi connectivity index (χ0) is 29.2. The number of ether oxygens (including phenoxy) is 4. The summed E-state index contributed by atoms with van der Waals surface area (Å²) in [5, 5.41) is 8.99. The third-order valence-corrected chi connectivity index (χ3v) is 6.13. The molecule has 10 heteroatoms. The Hall–Kier alpha value is -3.63. The number of carbonyl (C=O) groups is 2. The molecule has 1 aliphatic heterocycles. The van der Waals surface area contributed by atoms with E-state index in [4.69, 9.17) is 29.0 Å². The zero-order valence-corrected chi connectivity index (χ0v) is 24.0. The molecule has 0 bridgehead atoms. The van der Waals surface area contributed by atoms with Gasteiger partial charge in [-0.2, -0.15) is 0 Å². The van der Waals surface area contributed by atoms with Crippen LogP contribution in [0, 0.1) is 0 Å². The maximum absolute atomic E-state index is 13.9. The van der Waals surface area contributed by atoms with E-state index in [1.165, 1.54) is 0 Å². The van der Waals surface area contributed by atoms with E-state index >= 15 is 0 Å². The van der Waals surface area contributed by atoms with Gasteiger partial charge in [-0.1, -0.05) is 19.1 Å². The Morgan fingerprint density at radius 1 is 1.12 bits per heavy atom. The number of aliphatic imine (C=N–C) groups is 1. The lowest BCUT2D eigenvalue weighted by Crippen LogP contribution is -2.53. The molecule has 2 aromatic rings. The molecule has 0 saturated heterocycles. The number of rotatable bonds is 14. The van der Waals surface area contributed by atoms with E-state index in [1.807, 2.05) is 19.1 Å². The molecule has 0 aliphatic carbocycles. The molecular formula is C30H41N3O7. The van der Waals surface area contributed by atoms with Crippen LogP contribution in [0.1, 0.15) is 70.6 Å². The number of hydrogen-bond donors (Lipinski definition) is 3. The quantitative estimate of drug-likeness (QED) is 0.182. The van der Waals surface area contributed by atoms with Gasteiger partial charge < -0.3 is 24.1 Å². The van der Waals surface area contributed by atoms with Gasteiger partial charge in [0, 0.05) is 31.6 Å². The minimum Gasteiger partial charge on any atom is -0.497 e. The SMILES string of the molecule is CCCNNC(=O)[C@@]1(CCC(=O)OC(C)(C)C)N=C(c2ccc(OCCCO)cc2)O[C@H]1c1cccc(OC)c1. The molecule has 3 N–H and O–H groups in total. The van der Waals surface area contributed by atoms with E-state index in [0.717, 1.165) is 6.42 Å². The number of benzene rings is 2.